The van der Waals surface area contributed by atoms with E-state index in [9.17, 15) is 10.1 Å². The average Bonchev–Trinajstić information content (AvgIpc) is 2.72. The van der Waals surface area contributed by atoms with Gasteiger partial charge in [-0.3, -0.25) is 15.1 Å². The van der Waals surface area contributed by atoms with Crippen LogP contribution in [0.15, 0.2) is 77.8 Å². The summed E-state index contributed by atoms with van der Waals surface area (Å²) in [4.78, 5) is 17.2. The zero-order valence-corrected chi connectivity index (χ0v) is 16.1. The van der Waals surface area contributed by atoms with Crippen LogP contribution in [0.2, 0.25) is 0 Å². The monoisotopic (exact) mass is 373 g/mol. The van der Waals surface area contributed by atoms with Crippen molar-refractivity contribution >= 4 is 23.3 Å². The van der Waals surface area contributed by atoms with Crippen LogP contribution in [-0.2, 0) is 6.54 Å². The van der Waals surface area contributed by atoms with Gasteiger partial charge in [-0.15, -0.1) is 0 Å². The van der Waals surface area contributed by atoms with Gasteiger partial charge in [-0.05, 0) is 48.7 Å². The first-order valence-corrected chi connectivity index (χ1v) is 9.25. The molecule has 0 aromatic heterocycles. The molecule has 3 aromatic rings. The molecule has 3 rings (SSSR count). The number of non-ortho nitro benzene ring substituents is 1. The van der Waals surface area contributed by atoms with Crippen molar-refractivity contribution in [2.45, 2.75) is 20.4 Å². The quantitative estimate of drug-likeness (QED) is 0.304. The number of anilines is 1. The van der Waals surface area contributed by atoms with E-state index in [1.54, 1.807) is 18.3 Å². The first-order chi connectivity index (χ1) is 13.6. The number of aliphatic imine (C=N–C) groups is 1. The molecule has 28 heavy (non-hydrogen) atoms. The molecule has 0 amide bonds. The van der Waals surface area contributed by atoms with Crippen LogP contribution in [-0.4, -0.2) is 17.7 Å². The van der Waals surface area contributed by atoms with Crippen molar-refractivity contribution in [3.05, 3.63) is 99.6 Å². The molecule has 0 aliphatic carbocycles. The lowest BCUT2D eigenvalue weighted by Crippen LogP contribution is -2.21. The molecular formula is C23H23N3O2. The van der Waals surface area contributed by atoms with Crippen LogP contribution in [0.1, 0.15) is 23.6 Å². The van der Waals surface area contributed by atoms with Gasteiger partial charge in [0.25, 0.3) is 5.69 Å². The Balaban J connectivity index is 1.71. The predicted octanol–water partition coefficient (Wildman–Crippen LogP) is 5.68. The Morgan fingerprint density at radius 3 is 2.36 bits per heavy atom. The Kier molecular flexibility index (Phi) is 6.17. The lowest BCUT2D eigenvalue weighted by Gasteiger charge is -2.23. The highest BCUT2D eigenvalue weighted by Gasteiger charge is 2.07. The molecule has 0 aliphatic heterocycles. The summed E-state index contributed by atoms with van der Waals surface area (Å²) in [5, 5.41) is 10.8. The number of rotatable bonds is 7. The van der Waals surface area contributed by atoms with Gasteiger partial charge in [0.1, 0.15) is 0 Å². The fourth-order valence-electron chi connectivity index (χ4n) is 3.00. The first kappa shape index (κ1) is 19.3. The van der Waals surface area contributed by atoms with Gasteiger partial charge < -0.3 is 4.90 Å². The van der Waals surface area contributed by atoms with Crippen molar-refractivity contribution in [3.63, 3.8) is 0 Å². The van der Waals surface area contributed by atoms with E-state index >= 15 is 0 Å². The number of hydrogen-bond acceptors (Lipinski definition) is 4. The van der Waals surface area contributed by atoms with Gasteiger partial charge in [-0.1, -0.05) is 42.5 Å². The second-order valence-corrected chi connectivity index (χ2v) is 6.58. The fourth-order valence-corrected chi connectivity index (χ4v) is 3.00. The number of nitrogens with zero attached hydrogens (tertiary/aromatic N) is 3. The van der Waals surface area contributed by atoms with E-state index in [1.807, 2.05) is 25.1 Å². The Hall–Kier alpha value is -3.47. The van der Waals surface area contributed by atoms with Crippen LogP contribution in [0.4, 0.5) is 17.1 Å². The van der Waals surface area contributed by atoms with E-state index in [-0.39, 0.29) is 5.69 Å². The van der Waals surface area contributed by atoms with Crippen molar-refractivity contribution in [1.29, 1.82) is 0 Å². The average molecular weight is 373 g/mol. The molecule has 0 unspecified atom stereocenters. The Morgan fingerprint density at radius 1 is 1.04 bits per heavy atom. The first-order valence-electron chi connectivity index (χ1n) is 9.25. The van der Waals surface area contributed by atoms with Crippen molar-refractivity contribution in [3.8, 4) is 0 Å². The van der Waals surface area contributed by atoms with Crippen molar-refractivity contribution in [2.24, 2.45) is 4.99 Å². The van der Waals surface area contributed by atoms with Gasteiger partial charge in [0.2, 0.25) is 0 Å². The van der Waals surface area contributed by atoms with Crippen LogP contribution >= 0.6 is 0 Å². The van der Waals surface area contributed by atoms with E-state index < -0.39 is 4.92 Å². The molecule has 0 N–H and O–H groups in total. The summed E-state index contributed by atoms with van der Waals surface area (Å²) in [5.74, 6) is 0. The zero-order valence-electron chi connectivity index (χ0n) is 16.1. The maximum Gasteiger partial charge on any atom is 0.269 e. The summed E-state index contributed by atoms with van der Waals surface area (Å²) in [5.41, 5.74) is 5.02. The van der Waals surface area contributed by atoms with E-state index in [0.717, 1.165) is 35.6 Å². The maximum atomic E-state index is 10.8. The van der Waals surface area contributed by atoms with E-state index in [4.69, 9.17) is 0 Å². The van der Waals surface area contributed by atoms with Crippen molar-refractivity contribution in [1.82, 2.24) is 0 Å². The Bertz CT molecular complexity index is 967. The Morgan fingerprint density at radius 2 is 1.75 bits per heavy atom. The molecule has 0 fully saturated rings. The normalized spacial score (nSPS) is 10.9. The molecule has 0 spiro atoms. The minimum atomic E-state index is -0.395. The van der Waals surface area contributed by atoms with E-state index in [2.05, 4.69) is 53.2 Å². The highest BCUT2D eigenvalue weighted by Crippen LogP contribution is 2.24. The molecule has 0 saturated heterocycles. The van der Waals surface area contributed by atoms with Crippen molar-refractivity contribution in [2.75, 3.05) is 11.4 Å². The standard InChI is InChI=1S/C23H23N3O2/c1-3-25(17-20-7-5-4-6-8-20)21-11-9-19(10-12-21)16-24-23-14-13-22(26(27)28)15-18(23)2/h4-16H,3,17H2,1-2H3. The molecule has 0 aliphatic rings. The summed E-state index contributed by atoms with van der Waals surface area (Å²) >= 11 is 0. The third-order valence-electron chi connectivity index (χ3n) is 4.60. The molecule has 0 bridgehead atoms. The summed E-state index contributed by atoms with van der Waals surface area (Å²) in [6.45, 7) is 5.76. The maximum absolute atomic E-state index is 10.8. The minimum Gasteiger partial charge on any atom is -0.367 e. The molecule has 0 saturated carbocycles. The lowest BCUT2D eigenvalue weighted by molar-refractivity contribution is -0.384. The number of benzene rings is 3. The van der Waals surface area contributed by atoms with E-state index in [1.165, 1.54) is 11.6 Å². The fraction of sp³-hybridized carbons (Fsp3) is 0.174. The summed E-state index contributed by atoms with van der Waals surface area (Å²) < 4.78 is 0. The molecule has 3 aromatic carbocycles. The lowest BCUT2D eigenvalue weighted by atomic mass is 10.1. The highest BCUT2D eigenvalue weighted by atomic mass is 16.6. The van der Waals surface area contributed by atoms with Gasteiger partial charge in [0.05, 0.1) is 10.6 Å². The van der Waals surface area contributed by atoms with Crippen LogP contribution in [0.3, 0.4) is 0 Å². The zero-order chi connectivity index (χ0) is 19.9. The third-order valence-corrected chi connectivity index (χ3v) is 4.60. The summed E-state index contributed by atoms with van der Waals surface area (Å²) in [7, 11) is 0. The second kappa shape index (κ2) is 8.95. The van der Waals surface area contributed by atoms with E-state index in [0.29, 0.717) is 0 Å². The van der Waals surface area contributed by atoms with Crippen LogP contribution < -0.4 is 4.90 Å². The smallest absolute Gasteiger partial charge is 0.269 e. The second-order valence-electron chi connectivity index (χ2n) is 6.58. The van der Waals surface area contributed by atoms with Crippen LogP contribution in [0.25, 0.3) is 0 Å². The Labute approximate surface area is 165 Å². The topological polar surface area (TPSA) is 58.7 Å². The SMILES string of the molecule is CCN(Cc1ccccc1)c1ccc(C=Nc2ccc([N+](=O)[O-])cc2C)cc1. The molecule has 0 heterocycles. The number of nitro groups is 1. The summed E-state index contributed by atoms with van der Waals surface area (Å²) in [6, 6.07) is 23.4. The van der Waals surface area contributed by atoms with Gasteiger partial charge in [0, 0.05) is 37.1 Å². The van der Waals surface area contributed by atoms with Crippen molar-refractivity contribution < 1.29 is 4.92 Å². The van der Waals surface area contributed by atoms with Gasteiger partial charge in [0.15, 0.2) is 0 Å². The highest BCUT2D eigenvalue weighted by molar-refractivity contribution is 5.83. The molecule has 0 radical (unpaired) electrons. The minimum absolute atomic E-state index is 0.0823. The molecule has 5 nitrogen and oxygen atoms in total. The number of hydrogen-bond donors (Lipinski definition) is 0. The molecule has 0 atom stereocenters. The number of nitro benzene ring substituents is 1. The molecule has 142 valence electrons. The molecule has 5 heteroatoms. The predicted molar refractivity (Wildman–Crippen MR) is 115 cm³/mol. The van der Waals surface area contributed by atoms with Crippen LogP contribution in [0, 0.1) is 17.0 Å². The largest absolute Gasteiger partial charge is 0.367 e. The van der Waals surface area contributed by atoms with Crippen LogP contribution in [0.5, 0.6) is 0 Å². The summed E-state index contributed by atoms with van der Waals surface area (Å²) in [6.07, 6.45) is 1.78. The molecular weight excluding hydrogens is 350 g/mol. The van der Waals surface area contributed by atoms with Gasteiger partial charge >= 0.3 is 0 Å². The number of aryl methyl sites for hydroxylation is 1. The third kappa shape index (κ3) is 4.82. The van der Waals surface area contributed by atoms with Gasteiger partial charge in [-0.25, -0.2) is 0 Å². The van der Waals surface area contributed by atoms with Gasteiger partial charge in [-0.2, -0.15) is 0 Å².